The van der Waals surface area contributed by atoms with Gasteiger partial charge in [0.2, 0.25) is 0 Å². The minimum atomic E-state index is -0.816. The van der Waals surface area contributed by atoms with Gasteiger partial charge in [-0.3, -0.25) is 4.79 Å². The van der Waals surface area contributed by atoms with Crippen LogP contribution < -0.4 is 0 Å². The van der Waals surface area contributed by atoms with Crippen molar-refractivity contribution in [2.24, 2.45) is 5.92 Å². The molecule has 0 amide bonds. The van der Waals surface area contributed by atoms with Gasteiger partial charge in [-0.25, -0.2) is 0 Å². The van der Waals surface area contributed by atoms with Crippen molar-refractivity contribution < 1.29 is 9.90 Å². The highest BCUT2D eigenvalue weighted by Crippen LogP contribution is 2.15. The molecule has 74 valence electrons. The second kappa shape index (κ2) is 6.68. The molecular weight excluding hydrogens is 164 g/mol. The van der Waals surface area contributed by atoms with Gasteiger partial charge in [0, 0.05) is 12.8 Å². The molecular formula is C11H18O2. The van der Waals surface area contributed by atoms with Gasteiger partial charge in [-0.15, -0.1) is 12.3 Å². The smallest absolute Gasteiger partial charge is 0.162 e. The Bertz CT molecular complexity index is 187. The SMILES string of the molecule is C#CCCC(=O)C(O)C(CC)CC. The van der Waals surface area contributed by atoms with Crippen LogP contribution in [0.5, 0.6) is 0 Å². The first-order chi connectivity index (χ1) is 6.17. The number of aliphatic hydroxyl groups excluding tert-OH is 1. The number of aliphatic hydroxyl groups is 1. The van der Waals surface area contributed by atoms with Crippen molar-refractivity contribution in [2.75, 3.05) is 0 Å². The zero-order valence-electron chi connectivity index (χ0n) is 8.42. The Morgan fingerprint density at radius 1 is 1.46 bits per heavy atom. The molecule has 0 rings (SSSR count). The maximum Gasteiger partial charge on any atom is 0.162 e. The van der Waals surface area contributed by atoms with Gasteiger partial charge in [-0.05, 0) is 5.92 Å². The van der Waals surface area contributed by atoms with Gasteiger partial charge in [0.1, 0.15) is 6.10 Å². The summed E-state index contributed by atoms with van der Waals surface area (Å²) in [5.74, 6) is 2.37. The summed E-state index contributed by atoms with van der Waals surface area (Å²) in [5.41, 5.74) is 0. The number of carbonyl (C=O) groups excluding carboxylic acids is 1. The van der Waals surface area contributed by atoms with Crippen LogP contribution in [0.3, 0.4) is 0 Å². The molecule has 2 heteroatoms. The summed E-state index contributed by atoms with van der Waals surface area (Å²) in [6.45, 7) is 3.96. The van der Waals surface area contributed by atoms with Crippen LogP contribution in [0.2, 0.25) is 0 Å². The maximum atomic E-state index is 11.3. The van der Waals surface area contributed by atoms with E-state index in [1.165, 1.54) is 0 Å². The van der Waals surface area contributed by atoms with Crippen LogP contribution in [-0.2, 0) is 4.79 Å². The van der Waals surface area contributed by atoms with Crippen LogP contribution in [0.25, 0.3) is 0 Å². The van der Waals surface area contributed by atoms with Crippen molar-refractivity contribution >= 4 is 5.78 Å². The molecule has 0 radical (unpaired) electrons. The fraction of sp³-hybridized carbons (Fsp3) is 0.727. The maximum absolute atomic E-state index is 11.3. The van der Waals surface area contributed by atoms with Gasteiger partial charge in [0.15, 0.2) is 5.78 Å². The number of ketones is 1. The van der Waals surface area contributed by atoms with E-state index in [0.717, 1.165) is 12.8 Å². The van der Waals surface area contributed by atoms with Gasteiger partial charge in [-0.2, -0.15) is 0 Å². The van der Waals surface area contributed by atoms with Crippen molar-refractivity contribution in [1.82, 2.24) is 0 Å². The summed E-state index contributed by atoms with van der Waals surface area (Å²) in [7, 11) is 0. The van der Waals surface area contributed by atoms with Gasteiger partial charge < -0.3 is 5.11 Å². The Kier molecular flexibility index (Phi) is 6.26. The zero-order valence-corrected chi connectivity index (χ0v) is 8.42. The van der Waals surface area contributed by atoms with Crippen LogP contribution in [0, 0.1) is 18.3 Å². The molecule has 0 aromatic carbocycles. The molecule has 0 aliphatic heterocycles. The molecule has 2 nitrogen and oxygen atoms in total. The molecule has 0 saturated carbocycles. The first-order valence-corrected chi connectivity index (χ1v) is 4.81. The number of hydrogen-bond donors (Lipinski definition) is 1. The van der Waals surface area contributed by atoms with E-state index in [1.807, 2.05) is 13.8 Å². The molecule has 0 aliphatic rings. The molecule has 0 bridgehead atoms. The second-order valence-electron chi connectivity index (χ2n) is 3.19. The molecule has 0 aromatic heterocycles. The van der Waals surface area contributed by atoms with E-state index in [2.05, 4.69) is 5.92 Å². The van der Waals surface area contributed by atoms with Crippen molar-refractivity contribution in [3.05, 3.63) is 0 Å². The molecule has 13 heavy (non-hydrogen) atoms. The zero-order chi connectivity index (χ0) is 10.3. The lowest BCUT2D eigenvalue weighted by atomic mass is 9.92. The van der Waals surface area contributed by atoms with Crippen LogP contribution in [-0.4, -0.2) is 17.0 Å². The van der Waals surface area contributed by atoms with Crippen LogP contribution in [0.15, 0.2) is 0 Å². The quantitative estimate of drug-likeness (QED) is 0.636. The summed E-state index contributed by atoms with van der Waals surface area (Å²) >= 11 is 0. The van der Waals surface area contributed by atoms with Crippen molar-refractivity contribution in [2.45, 2.75) is 45.6 Å². The Morgan fingerprint density at radius 3 is 2.38 bits per heavy atom. The molecule has 0 spiro atoms. The highest BCUT2D eigenvalue weighted by Gasteiger charge is 2.21. The molecule has 0 aliphatic carbocycles. The third-order valence-corrected chi connectivity index (χ3v) is 2.34. The molecule has 0 saturated heterocycles. The van der Waals surface area contributed by atoms with E-state index in [0.29, 0.717) is 12.8 Å². The highest BCUT2D eigenvalue weighted by molar-refractivity contribution is 5.83. The summed E-state index contributed by atoms with van der Waals surface area (Å²) in [6.07, 6.45) is 6.61. The van der Waals surface area contributed by atoms with Gasteiger partial charge in [-0.1, -0.05) is 26.7 Å². The summed E-state index contributed by atoms with van der Waals surface area (Å²) in [4.78, 5) is 11.3. The van der Waals surface area contributed by atoms with E-state index in [9.17, 15) is 9.90 Å². The lowest BCUT2D eigenvalue weighted by molar-refractivity contribution is -0.129. The Balaban J connectivity index is 4.00. The number of hydrogen-bond acceptors (Lipinski definition) is 2. The number of rotatable bonds is 6. The molecule has 1 N–H and O–H groups in total. The Morgan fingerprint density at radius 2 is 2.00 bits per heavy atom. The minimum absolute atomic E-state index is 0.0882. The molecule has 0 fully saturated rings. The number of carbonyl (C=O) groups is 1. The minimum Gasteiger partial charge on any atom is -0.385 e. The van der Waals surface area contributed by atoms with Gasteiger partial charge >= 0.3 is 0 Å². The summed E-state index contributed by atoms with van der Waals surface area (Å²) < 4.78 is 0. The van der Waals surface area contributed by atoms with E-state index in [4.69, 9.17) is 6.42 Å². The standard InChI is InChI=1S/C11H18O2/c1-4-7-8-10(12)11(13)9(5-2)6-3/h1,9,11,13H,5-8H2,2-3H3. The number of terminal acetylenes is 1. The fourth-order valence-electron chi connectivity index (χ4n) is 1.34. The Hall–Kier alpha value is -0.810. The first kappa shape index (κ1) is 12.2. The lowest BCUT2D eigenvalue weighted by Crippen LogP contribution is -2.28. The summed E-state index contributed by atoms with van der Waals surface area (Å²) in [5, 5.41) is 9.59. The van der Waals surface area contributed by atoms with Crippen molar-refractivity contribution in [3.63, 3.8) is 0 Å². The van der Waals surface area contributed by atoms with E-state index in [-0.39, 0.29) is 11.7 Å². The normalized spacial score (nSPS) is 12.5. The van der Waals surface area contributed by atoms with E-state index in [1.54, 1.807) is 0 Å². The first-order valence-electron chi connectivity index (χ1n) is 4.81. The van der Waals surface area contributed by atoms with E-state index >= 15 is 0 Å². The third kappa shape index (κ3) is 4.10. The molecule has 0 heterocycles. The summed E-state index contributed by atoms with van der Waals surface area (Å²) in [6, 6.07) is 0. The predicted octanol–water partition coefficient (Wildman–Crippen LogP) is 1.77. The lowest BCUT2D eigenvalue weighted by Gasteiger charge is -2.18. The Labute approximate surface area is 80.3 Å². The van der Waals surface area contributed by atoms with Crippen LogP contribution >= 0.6 is 0 Å². The predicted molar refractivity (Wildman–Crippen MR) is 53.2 cm³/mol. The van der Waals surface area contributed by atoms with E-state index < -0.39 is 6.10 Å². The van der Waals surface area contributed by atoms with Crippen LogP contribution in [0.1, 0.15) is 39.5 Å². The average molecular weight is 182 g/mol. The highest BCUT2D eigenvalue weighted by atomic mass is 16.3. The number of Topliss-reactive ketones (excluding diaryl/α,β-unsaturated/α-hetero) is 1. The van der Waals surface area contributed by atoms with Crippen molar-refractivity contribution in [1.29, 1.82) is 0 Å². The van der Waals surface area contributed by atoms with Gasteiger partial charge in [0.05, 0.1) is 0 Å². The molecule has 1 atom stereocenters. The topological polar surface area (TPSA) is 37.3 Å². The van der Waals surface area contributed by atoms with Gasteiger partial charge in [0.25, 0.3) is 0 Å². The second-order valence-corrected chi connectivity index (χ2v) is 3.19. The molecule has 0 aromatic rings. The monoisotopic (exact) mass is 182 g/mol. The fourth-order valence-corrected chi connectivity index (χ4v) is 1.34. The van der Waals surface area contributed by atoms with Crippen molar-refractivity contribution in [3.8, 4) is 12.3 Å². The molecule has 1 unspecified atom stereocenters. The largest absolute Gasteiger partial charge is 0.385 e. The average Bonchev–Trinajstić information content (AvgIpc) is 2.15. The third-order valence-electron chi connectivity index (χ3n) is 2.34. The van der Waals surface area contributed by atoms with Crippen LogP contribution in [0.4, 0.5) is 0 Å².